The molecule has 2 aliphatic rings. The van der Waals surface area contributed by atoms with E-state index >= 15 is 0 Å². The summed E-state index contributed by atoms with van der Waals surface area (Å²) in [5.74, 6) is 1.88. The number of rotatable bonds is 0. The molecule has 1 aliphatic carbocycles. The van der Waals surface area contributed by atoms with Crippen molar-refractivity contribution in [3.63, 3.8) is 0 Å². The van der Waals surface area contributed by atoms with E-state index in [9.17, 15) is 0 Å². The molecule has 0 radical (unpaired) electrons. The van der Waals surface area contributed by atoms with Gasteiger partial charge in [0.1, 0.15) is 11.5 Å². The summed E-state index contributed by atoms with van der Waals surface area (Å²) >= 11 is 0. The molecule has 1 aliphatic heterocycles. The summed E-state index contributed by atoms with van der Waals surface area (Å²) in [5, 5.41) is 4.85. The van der Waals surface area contributed by atoms with E-state index in [1.807, 2.05) is 0 Å². The van der Waals surface area contributed by atoms with Crippen LogP contribution in [0.1, 0.15) is 22.3 Å². The van der Waals surface area contributed by atoms with Crippen molar-refractivity contribution in [1.82, 2.24) is 0 Å². The third kappa shape index (κ3) is 2.14. The minimum absolute atomic E-state index is 0.426. The minimum Gasteiger partial charge on any atom is -0.457 e. The predicted molar refractivity (Wildman–Crippen MR) is 139 cm³/mol. The highest BCUT2D eigenvalue weighted by molar-refractivity contribution is 5.95. The fourth-order valence-electron chi connectivity index (χ4n) is 6.27. The van der Waals surface area contributed by atoms with E-state index in [1.165, 1.54) is 54.9 Å². The van der Waals surface area contributed by atoms with Gasteiger partial charge in [0, 0.05) is 11.1 Å². The van der Waals surface area contributed by atoms with E-state index < -0.39 is 5.41 Å². The molecular weight excluding hydrogens is 412 g/mol. The fraction of sp³-hybridized carbons (Fsp3) is 0.0303. The Morgan fingerprint density at radius 1 is 0.382 bits per heavy atom. The summed E-state index contributed by atoms with van der Waals surface area (Å²) < 4.78 is 6.71. The van der Waals surface area contributed by atoms with Crippen molar-refractivity contribution in [2.45, 2.75) is 5.41 Å². The van der Waals surface area contributed by atoms with Crippen molar-refractivity contribution in [2.75, 3.05) is 0 Å². The first-order valence-electron chi connectivity index (χ1n) is 11.8. The average molecular weight is 433 g/mol. The second-order valence-corrected chi connectivity index (χ2v) is 9.33. The Kier molecular flexibility index (Phi) is 3.39. The molecule has 1 spiro atoms. The number of hydrogen-bond donors (Lipinski definition) is 0. The molecule has 0 aromatic heterocycles. The van der Waals surface area contributed by atoms with Gasteiger partial charge in [-0.1, -0.05) is 97.1 Å². The molecule has 8 rings (SSSR count). The van der Waals surface area contributed by atoms with Crippen molar-refractivity contribution in [1.29, 1.82) is 0 Å². The van der Waals surface area contributed by atoms with Crippen LogP contribution in [0.15, 0.2) is 121 Å². The lowest BCUT2D eigenvalue weighted by Gasteiger charge is -2.39. The van der Waals surface area contributed by atoms with E-state index in [1.54, 1.807) is 0 Å². The highest BCUT2D eigenvalue weighted by Gasteiger charge is 2.51. The molecule has 0 saturated carbocycles. The number of hydrogen-bond acceptors (Lipinski definition) is 1. The van der Waals surface area contributed by atoms with Crippen LogP contribution in [0.25, 0.3) is 32.7 Å². The van der Waals surface area contributed by atoms with Gasteiger partial charge in [0.15, 0.2) is 0 Å². The molecule has 0 bridgehead atoms. The molecule has 0 N–H and O–H groups in total. The highest BCUT2D eigenvalue weighted by atomic mass is 16.5. The van der Waals surface area contributed by atoms with Gasteiger partial charge in [-0.3, -0.25) is 0 Å². The summed E-state index contributed by atoms with van der Waals surface area (Å²) in [6, 6.07) is 44.0. The van der Waals surface area contributed by atoms with E-state index in [0.717, 1.165) is 11.5 Å². The molecule has 34 heavy (non-hydrogen) atoms. The molecule has 6 aromatic rings. The van der Waals surface area contributed by atoms with E-state index in [-0.39, 0.29) is 0 Å². The maximum atomic E-state index is 6.71. The smallest absolute Gasteiger partial charge is 0.132 e. The summed E-state index contributed by atoms with van der Waals surface area (Å²) in [5.41, 5.74) is 7.26. The van der Waals surface area contributed by atoms with Gasteiger partial charge in [0.05, 0.1) is 5.41 Å². The summed E-state index contributed by atoms with van der Waals surface area (Å²) in [6.45, 7) is 0. The molecule has 0 fully saturated rings. The van der Waals surface area contributed by atoms with Crippen LogP contribution >= 0.6 is 0 Å². The highest BCUT2D eigenvalue weighted by Crippen LogP contribution is 2.62. The molecule has 0 atom stereocenters. The van der Waals surface area contributed by atoms with Crippen LogP contribution in [0.4, 0.5) is 0 Å². The Hall–Kier alpha value is -4.36. The van der Waals surface area contributed by atoms with Crippen molar-refractivity contribution in [3.05, 3.63) is 144 Å². The summed E-state index contributed by atoms with van der Waals surface area (Å²) in [7, 11) is 0. The zero-order valence-corrected chi connectivity index (χ0v) is 18.5. The van der Waals surface area contributed by atoms with Gasteiger partial charge in [-0.05, 0) is 68.1 Å². The van der Waals surface area contributed by atoms with Gasteiger partial charge >= 0.3 is 0 Å². The lowest BCUT2D eigenvalue weighted by atomic mass is 9.65. The summed E-state index contributed by atoms with van der Waals surface area (Å²) in [4.78, 5) is 0. The van der Waals surface area contributed by atoms with Gasteiger partial charge in [-0.2, -0.15) is 0 Å². The summed E-state index contributed by atoms with van der Waals surface area (Å²) in [6.07, 6.45) is 0. The van der Waals surface area contributed by atoms with Crippen molar-refractivity contribution in [3.8, 4) is 22.6 Å². The third-order valence-electron chi connectivity index (χ3n) is 7.68. The molecule has 0 amide bonds. The van der Waals surface area contributed by atoms with Crippen molar-refractivity contribution < 1.29 is 4.74 Å². The SMILES string of the molecule is c1ccc2c(c1)-c1ccccc1C21c2cc3ccccc3cc2Oc2cc3ccccc3cc21. The van der Waals surface area contributed by atoms with Crippen LogP contribution in [0.3, 0.4) is 0 Å². The maximum Gasteiger partial charge on any atom is 0.132 e. The number of benzene rings is 6. The van der Waals surface area contributed by atoms with E-state index in [2.05, 4.69) is 121 Å². The second kappa shape index (κ2) is 6.36. The Balaban J connectivity index is 1.61. The lowest BCUT2D eigenvalue weighted by Crippen LogP contribution is -2.32. The normalized spacial score (nSPS) is 14.4. The van der Waals surface area contributed by atoms with Crippen molar-refractivity contribution >= 4 is 21.5 Å². The largest absolute Gasteiger partial charge is 0.457 e. The quantitative estimate of drug-likeness (QED) is 0.233. The number of ether oxygens (including phenoxy) is 1. The molecular formula is C33H20O. The molecule has 1 nitrogen and oxygen atoms in total. The van der Waals surface area contributed by atoms with Crippen LogP contribution in [0, 0.1) is 0 Å². The molecule has 1 heterocycles. The Bertz CT molecular complexity index is 1660. The lowest BCUT2D eigenvalue weighted by molar-refractivity contribution is 0.438. The average Bonchev–Trinajstić information content (AvgIpc) is 3.18. The molecule has 6 aromatic carbocycles. The Morgan fingerprint density at radius 3 is 1.24 bits per heavy atom. The minimum atomic E-state index is -0.426. The molecule has 1 heteroatoms. The van der Waals surface area contributed by atoms with Crippen LogP contribution in [0.2, 0.25) is 0 Å². The monoisotopic (exact) mass is 432 g/mol. The zero-order chi connectivity index (χ0) is 22.3. The first-order valence-corrected chi connectivity index (χ1v) is 11.8. The Morgan fingerprint density at radius 2 is 0.765 bits per heavy atom. The van der Waals surface area contributed by atoms with Crippen LogP contribution < -0.4 is 4.74 Å². The van der Waals surface area contributed by atoms with Crippen LogP contribution in [-0.4, -0.2) is 0 Å². The molecule has 158 valence electrons. The van der Waals surface area contributed by atoms with Crippen molar-refractivity contribution in [2.24, 2.45) is 0 Å². The predicted octanol–water partition coefficient (Wildman–Crippen LogP) is 8.46. The maximum absolute atomic E-state index is 6.71. The molecule has 0 saturated heterocycles. The Labute approximate surface area is 197 Å². The second-order valence-electron chi connectivity index (χ2n) is 9.33. The number of fused-ring (bicyclic) bond motifs is 11. The standard InChI is InChI=1S/C33H20O/c1-3-11-23-19-31-29(17-21(23)9-1)33(30-18-22-10-2-4-12-24(22)20-32(30)34-31)27-15-7-5-13-25(27)26-14-6-8-16-28(26)33/h1-20H. The topological polar surface area (TPSA) is 9.23 Å². The van der Waals surface area contributed by atoms with Crippen LogP contribution in [0.5, 0.6) is 11.5 Å². The van der Waals surface area contributed by atoms with Gasteiger partial charge in [0.25, 0.3) is 0 Å². The zero-order valence-electron chi connectivity index (χ0n) is 18.5. The first-order chi connectivity index (χ1) is 16.8. The third-order valence-corrected chi connectivity index (χ3v) is 7.68. The van der Waals surface area contributed by atoms with Gasteiger partial charge in [-0.15, -0.1) is 0 Å². The fourth-order valence-corrected chi connectivity index (χ4v) is 6.27. The van der Waals surface area contributed by atoms with Crippen LogP contribution in [-0.2, 0) is 5.41 Å². The van der Waals surface area contributed by atoms with Gasteiger partial charge in [0.2, 0.25) is 0 Å². The van der Waals surface area contributed by atoms with E-state index in [0.29, 0.717) is 0 Å². The molecule has 0 unspecified atom stereocenters. The first kappa shape index (κ1) is 18.1. The van der Waals surface area contributed by atoms with E-state index in [4.69, 9.17) is 4.74 Å². The van der Waals surface area contributed by atoms with Gasteiger partial charge in [-0.25, -0.2) is 0 Å². The van der Waals surface area contributed by atoms with Gasteiger partial charge < -0.3 is 4.74 Å².